The molecular formula is C22H22N4O2S. The number of nitrogens with one attached hydrogen (secondary N) is 1. The fourth-order valence-corrected chi connectivity index (χ4v) is 4.31. The number of carbonyl (C=O) groups is 1. The normalized spacial score (nSPS) is 11.1. The van der Waals surface area contributed by atoms with Gasteiger partial charge in [0.15, 0.2) is 0 Å². The van der Waals surface area contributed by atoms with E-state index in [1.54, 1.807) is 11.8 Å². The lowest BCUT2D eigenvalue weighted by molar-refractivity contribution is -0.113. The number of amides is 1. The highest BCUT2D eigenvalue weighted by Crippen LogP contribution is 2.24. The van der Waals surface area contributed by atoms with Gasteiger partial charge in [-0.05, 0) is 51.1 Å². The first-order valence-electron chi connectivity index (χ1n) is 9.37. The smallest absolute Gasteiger partial charge is 0.234 e. The number of carbonyl (C=O) groups excluding carboxylic acids is 1. The summed E-state index contributed by atoms with van der Waals surface area (Å²) in [7, 11) is 0. The Morgan fingerprint density at radius 3 is 2.66 bits per heavy atom. The first-order chi connectivity index (χ1) is 14.0. The highest BCUT2D eigenvalue weighted by atomic mass is 32.2. The van der Waals surface area contributed by atoms with Gasteiger partial charge in [-0.3, -0.25) is 9.36 Å². The molecule has 0 unspecified atom stereocenters. The summed E-state index contributed by atoms with van der Waals surface area (Å²) in [4.78, 5) is 17.0. The number of aryl methyl sites for hydroxylation is 3. The Hall–Kier alpha value is -3.06. The number of nitrogens with zero attached hydrogens (tertiary/aromatic N) is 3. The zero-order valence-electron chi connectivity index (χ0n) is 16.6. The van der Waals surface area contributed by atoms with Crippen molar-refractivity contribution in [3.05, 3.63) is 71.4 Å². The van der Waals surface area contributed by atoms with Crippen molar-refractivity contribution in [3.63, 3.8) is 0 Å². The second-order valence-corrected chi connectivity index (χ2v) is 7.86. The number of hydrogen-bond donors (Lipinski definition) is 1. The Bertz CT molecular complexity index is 1140. The fraction of sp³-hybridized carbons (Fsp3) is 0.227. The van der Waals surface area contributed by atoms with Gasteiger partial charge in [0, 0.05) is 22.7 Å². The summed E-state index contributed by atoms with van der Waals surface area (Å²) in [5.41, 5.74) is 5.63. The van der Waals surface area contributed by atoms with Gasteiger partial charge in [0.25, 0.3) is 0 Å². The maximum Gasteiger partial charge on any atom is 0.234 e. The van der Waals surface area contributed by atoms with Crippen LogP contribution >= 0.6 is 11.8 Å². The number of hydrogen-bond acceptors (Lipinski definition) is 5. The van der Waals surface area contributed by atoms with Crippen LogP contribution in [0, 0.1) is 20.8 Å². The number of imidazole rings is 1. The molecule has 0 radical (unpaired) electrons. The lowest BCUT2D eigenvalue weighted by Gasteiger charge is -2.08. The van der Waals surface area contributed by atoms with E-state index in [-0.39, 0.29) is 5.91 Å². The van der Waals surface area contributed by atoms with Gasteiger partial charge < -0.3 is 9.84 Å². The second-order valence-electron chi connectivity index (χ2n) is 6.88. The number of fused-ring (bicyclic) bond motifs is 1. The van der Waals surface area contributed by atoms with Crippen molar-refractivity contribution < 1.29 is 9.32 Å². The van der Waals surface area contributed by atoms with Gasteiger partial charge in [-0.1, -0.05) is 23.4 Å². The van der Waals surface area contributed by atoms with Crippen LogP contribution in [0.15, 0.2) is 53.1 Å². The quantitative estimate of drug-likeness (QED) is 0.497. The zero-order chi connectivity index (χ0) is 20.4. The Morgan fingerprint density at radius 1 is 1.14 bits per heavy atom. The average molecular weight is 407 g/mol. The molecule has 4 aromatic rings. The van der Waals surface area contributed by atoms with Gasteiger partial charge in [-0.15, -0.1) is 11.8 Å². The molecule has 29 heavy (non-hydrogen) atoms. The minimum atomic E-state index is -0.0414. The number of para-hydroxylation sites is 1. The molecule has 0 saturated carbocycles. The molecule has 2 heterocycles. The predicted octanol–water partition coefficient (Wildman–Crippen LogP) is 4.81. The Balaban J connectivity index is 1.44. The van der Waals surface area contributed by atoms with Crippen molar-refractivity contribution in [2.45, 2.75) is 26.5 Å². The molecule has 4 rings (SSSR count). The average Bonchev–Trinajstić information content (AvgIpc) is 3.20. The zero-order valence-corrected chi connectivity index (χ0v) is 17.4. The van der Waals surface area contributed by atoms with Crippen molar-refractivity contribution >= 4 is 34.4 Å². The van der Waals surface area contributed by atoms with Crippen LogP contribution in [0.1, 0.15) is 22.8 Å². The van der Waals surface area contributed by atoms with Crippen molar-refractivity contribution in [1.29, 1.82) is 0 Å². The second kappa shape index (κ2) is 8.13. The van der Waals surface area contributed by atoms with Crippen LogP contribution in [-0.2, 0) is 10.5 Å². The minimum absolute atomic E-state index is 0.0414. The van der Waals surface area contributed by atoms with E-state index < -0.39 is 0 Å². The van der Waals surface area contributed by atoms with E-state index >= 15 is 0 Å². The molecule has 1 N–H and O–H groups in total. The van der Waals surface area contributed by atoms with E-state index in [9.17, 15) is 4.79 Å². The third-order valence-electron chi connectivity index (χ3n) is 4.78. The molecule has 0 bridgehead atoms. The molecule has 6 nitrogen and oxygen atoms in total. The van der Waals surface area contributed by atoms with Crippen molar-refractivity contribution in [1.82, 2.24) is 14.7 Å². The third-order valence-corrected chi connectivity index (χ3v) is 5.74. The molecule has 0 aliphatic rings. The standard InChI is InChI=1S/C22H22N4O2S/c1-14-19(15(2)28-25-14)12-29-13-22(27)24-17-9-10-21-20(11-17)23-16(3)26(21)18-7-5-4-6-8-18/h4-11H,12-13H2,1-3H3,(H,24,27). The van der Waals surface area contributed by atoms with Gasteiger partial charge in [-0.25, -0.2) is 4.98 Å². The predicted molar refractivity (Wildman–Crippen MR) is 117 cm³/mol. The molecule has 148 valence electrons. The molecule has 1 amide bonds. The number of anilines is 1. The van der Waals surface area contributed by atoms with Gasteiger partial charge in [-0.2, -0.15) is 0 Å². The van der Waals surface area contributed by atoms with Crippen LogP contribution in [0.5, 0.6) is 0 Å². The molecular weight excluding hydrogens is 384 g/mol. The van der Waals surface area contributed by atoms with Gasteiger partial charge in [0.1, 0.15) is 11.6 Å². The summed E-state index contributed by atoms with van der Waals surface area (Å²) in [5.74, 6) is 2.74. The maximum atomic E-state index is 12.3. The van der Waals surface area contributed by atoms with Crippen LogP contribution < -0.4 is 5.32 Å². The molecule has 0 fully saturated rings. The van der Waals surface area contributed by atoms with E-state index in [1.807, 2.05) is 57.2 Å². The largest absolute Gasteiger partial charge is 0.361 e. The fourth-order valence-electron chi connectivity index (χ4n) is 3.33. The van der Waals surface area contributed by atoms with Crippen LogP contribution in [0.2, 0.25) is 0 Å². The highest BCUT2D eigenvalue weighted by molar-refractivity contribution is 7.99. The Kier molecular flexibility index (Phi) is 5.40. The van der Waals surface area contributed by atoms with Crippen LogP contribution in [0.4, 0.5) is 5.69 Å². The van der Waals surface area contributed by atoms with E-state index in [2.05, 4.69) is 32.2 Å². The molecule has 2 aromatic heterocycles. The summed E-state index contributed by atoms with van der Waals surface area (Å²) in [5, 5.41) is 6.91. The SMILES string of the molecule is Cc1noc(C)c1CSCC(=O)Nc1ccc2c(c1)nc(C)n2-c1ccccc1. The van der Waals surface area contributed by atoms with Crippen LogP contribution in [-0.4, -0.2) is 26.4 Å². The van der Waals surface area contributed by atoms with E-state index in [4.69, 9.17) is 4.52 Å². The molecule has 0 aliphatic heterocycles. The Labute approximate surface area is 173 Å². The van der Waals surface area contributed by atoms with Crippen molar-refractivity contribution in [2.75, 3.05) is 11.1 Å². The number of benzene rings is 2. The summed E-state index contributed by atoms with van der Waals surface area (Å²) in [6.07, 6.45) is 0. The topological polar surface area (TPSA) is 73.0 Å². The maximum absolute atomic E-state index is 12.3. The summed E-state index contributed by atoms with van der Waals surface area (Å²) in [6, 6.07) is 16.0. The van der Waals surface area contributed by atoms with E-state index in [0.29, 0.717) is 11.5 Å². The molecule has 7 heteroatoms. The lowest BCUT2D eigenvalue weighted by Crippen LogP contribution is -2.14. The Morgan fingerprint density at radius 2 is 1.93 bits per heavy atom. The molecule has 0 saturated heterocycles. The molecule has 2 aromatic carbocycles. The van der Waals surface area contributed by atoms with E-state index in [0.717, 1.165) is 45.3 Å². The first-order valence-corrected chi connectivity index (χ1v) is 10.5. The van der Waals surface area contributed by atoms with Gasteiger partial charge in [0.05, 0.1) is 22.5 Å². The first kappa shape index (κ1) is 19.3. The van der Waals surface area contributed by atoms with Crippen molar-refractivity contribution in [3.8, 4) is 5.69 Å². The summed E-state index contributed by atoms with van der Waals surface area (Å²) < 4.78 is 7.27. The highest BCUT2D eigenvalue weighted by Gasteiger charge is 2.12. The summed E-state index contributed by atoms with van der Waals surface area (Å²) >= 11 is 1.54. The molecule has 0 spiro atoms. The van der Waals surface area contributed by atoms with E-state index in [1.165, 1.54) is 0 Å². The molecule has 0 atom stereocenters. The number of rotatable bonds is 6. The van der Waals surface area contributed by atoms with Crippen LogP contribution in [0.25, 0.3) is 16.7 Å². The number of aromatic nitrogens is 3. The molecule has 0 aliphatic carbocycles. The number of thioether (sulfide) groups is 1. The van der Waals surface area contributed by atoms with Crippen molar-refractivity contribution in [2.24, 2.45) is 0 Å². The third kappa shape index (κ3) is 4.05. The lowest BCUT2D eigenvalue weighted by atomic mass is 10.2. The van der Waals surface area contributed by atoms with Gasteiger partial charge >= 0.3 is 0 Å². The minimum Gasteiger partial charge on any atom is -0.361 e. The van der Waals surface area contributed by atoms with Crippen LogP contribution in [0.3, 0.4) is 0 Å². The van der Waals surface area contributed by atoms with Gasteiger partial charge in [0.2, 0.25) is 5.91 Å². The summed E-state index contributed by atoms with van der Waals surface area (Å²) in [6.45, 7) is 5.79. The monoisotopic (exact) mass is 406 g/mol.